The summed E-state index contributed by atoms with van der Waals surface area (Å²) in [4.78, 5) is 14.9. The molecule has 8 heteroatoms. The lowest BCUT2D eigenvalue weighted by Gasteiger charge is -2.24. The minimum Gasteiger partial charge on any atom is -0.356 e. The van der Waals surface area contributed by atoms with Crippen molar-refractivity contribution in [3.63, 3.8) is 0 Å². The summed E-state index contributed by atoms with van der Waals surface area (Å²) >= 11 is 12.1. The first-order valence-electron chi connectivity index (χ1n) is 9.15. The molecule has 1 unspecified atom stereocenters. The number of carbonyl (C=O) groups is 1. The Morgan fingerprint density at radius 2 is 2.14 bits per heavy atom. The first kappa shape index (κ1) is 19.0. The first-order chi connectivity index (χ1) is 13.5. The number of amides is 1. The van der Waals surface area contributed by atoms with Crippen molar-refractivity contribution >= 4 is 29.1 Å². The fourth-order valence-corrected chi connectivity index (χ4v) is 4.01. The zero-order chi connectivity index (χ0) is 19.8. The Bertz CT molecular complexity index is 1030. The molecule has 6 nitrogen and oxygen atoms in total. The molecule has 0 radical (unpaired) electrons. The van der Waals surface area contributed by atoms with Gasteiger partial charge in [0.2, 0.25) is 5.91 Å². The Kier molecular flexibility index (Phi) is 5.17. The van der Waals surface area contributed by atoms with Crippen LogP contribution in [0.5, 0.6) is 0 Å². The average molecular weight is 419 g/mol. The first-order valence-corrected chi connectivity index (χ1v) is 9.91. The molecule has 4 rings (SSSR count). The molecule has 0 saturated carbocycles. The molecule has 1 fully saturated rings. The number of H-pyrrole nitrogens is 1. The van der Waals surface area contributed by atoms with E-state index < -0.39 is 0 Å². The van der Waals surface area contributed by atoms with Crippen molar-refractivity contribution in [2.75, 3.05) is 6.54 Å². The molecule has 0 spiro atoms. The van der Waals surface area contributed by atoms with Crippen molar-refractivity contribution in [1.29, 1.82) is 0 Å². The summed E-state index contributed by atoms with van der Waals surface area (Å²) in [7, 11) is 0. The highest BCUT2D eigenvalue weighted by atomic mass is 35.5. The van der Waals surface area contributed by atoms with Gasteiger partial charge in [0.05, 0.1) is 45.7 Å². The lowest BCUT2D eigenvalue weighted by atomic mass is 10.0. The number of carbonyl (C=O) groups excluding carboxylic acids is 1. The number of hydrogen-bond acceptors (Lipinski definition) is 4. The summed E-state index contributed by atoms with van der Waals surface area (Å²) in [5.74, 6) is 0.747. The normalized spacial score (nSPS) is 16.7. The van der Waals surface area contributed by atoms with Gasteiger partial charge in [-0.3, -0.25) is 9.89 Å². The van der Waals surface area contributed by atoms with Crippen molar-refractivity contribution in [2.45, 2.75) is 39.2 Å². The number of aromatic nitrogens is 3. The maximum Gasteiger partial charge on any atom is 0.227 e. The summed E-state index contributed by atoms with van der Waals surface area (Å²) in [5.41, 5.74) is 4.42. The lowest BCUT2D eigenvalue weighted by molar-refractivity contribution is -0.131. The van der Waals surface area contributed by atoms with E-state index in [9.17, 15) is 4.79 Å². The molecular formula is C20H20Cl2N4O2. The van der Waals surface area contributed by atoms with Crippen molar-refractivity contribution in [3.8, 4) is 11.3 Å². The van der Waals surface area contributed by atoms with E-state index in [-0.39, 0.29) is 18.4 Å². The molecule has 3 aromatic rings. The number of benzene rings is 1. The van der Waals surface area contributed by atoms with Gasteiger partial charge >= 0.3 is 0 Å². The van der Waals surface area contributed by atoms with Gasteiger partial charge in [-0.2, -0.15) is 5.10 Å². The van der Waals surface area contributed by atoms with E-state index in [0.29, 0.717) is 22.4 Å². The van der Waals surface area contributed by atoms with Crippen LogP contribution in [-0.4, -0.2) is 32.7 Å². The quantitative estimate of drug-likeness (QED) is 0.653. The average Bonchev–Trinajstić information content (AvgIpc) is 3.39. The number of aromatic amines is 1. The van der Waals surface area contributed by atoms with Gasteiger partial charge < -0.3 is 9.42 Å². The predicted octanol–water partition coefficient (Wildman–Crippen LogP) is 4.89. The van der Waals surface area contributed by atoms with E-state index in [0.717, 1.165) is 40.9 Å². The number of rotatable bonds is 4. The molecule has 0 bridgehead atoms. The van der Waals surface area contributed by atoms with Crippen LogP contribution in [0.1, 0.15) is 41.4 Å². The number of halogens is 2. The smallest absolute Gasteiger partial charge is 0.227 e. The van der Waals surface area contributed by atoms with Crippen LogP contribution in [0.3, 0.4) is 0 Å². The maximum atomic E-state index is 13.0. The van der Waals surface area contributed by atoms with Crippen molar-refractivity contribution < 1.29 is 9.32 Å². The molecule has 28 heavy (non-hydrogen) atoms. The van der Waals surface area contributed by atoms with Crippen LogP contribution < -0.4 is 0 Å². The third-order valence-electron chi connectivity index (χ3n) is 5.32. The highest BCUT2D eigenvalue weighted by Gasteiger charge is 2.33. The maximum absolute atomic E-state index is 13.0. The molecular weight excluding hydrogens is 399 g/mol. The third kappa shape index (κ3) is 3.42. The standard InChI is InChI=1S/C20H20Cl2N4O2/c1-11-12(2)25-28-20(11)14-10-23-24-19(14)17-4-3-7-26(17)18(27)9-13-5-6-15(21)16(22)8-13/h5-6,8,10,17H,3-4,7,9H2,1-2H3,(H,23,24). The minimum atomic E-state index is -0.0717. The molecule has 1 amide bonds. The molecule has 146 valence electrons. The van der Waals surface area contributed by atoms with Crippen LogP contribution in [0.4, 0.5) is 0 Å². The Hall–Kier alpha value is -2.31. The van der Waals surface area contributed by atoms with Gasteiger partial charge in [-0.1, -0.05) is 34.4 Å². The number of likely N-dealkylation sites (tertiary alicyclic amines) is 1. The van der Waals surface area contributed by atoms with Gasteiger partial charge in [0.25, 0.3) is 0 Å². The fourth-order valence-electron chi connectivity index (χ4n) is 3.69. The second-order valence-electron chi connectivity index (χ2n) is 7.09. The Labute approximate surface area is 172 Å². The summed E-state index contributed by atoms with van der Waals surface area (Å²) < 4.78 is 5.51. The monoisotopic (exact) mass is 418 g/mol. The van der Waals surface area contributed by atoms with Crippen molar-refractivity contribution in [2.24, 2.45) is 0 Å². The Morgan fingerprint density at radius 3 is 2.86 bits per heavy atom. The van der Waals surface area contributed by atoms with Crippen LogP contribution in [0, 0.1) is 13.8 Å². The van der Waals surface area contributed by atoms with Crippen LogP contribution in [-0.2, 0) is 11.2 Å². The molecule has 0 aliphatic carbocycles. The van der Waals surface area contributed by atoms with Gasteiger partial charge in [-0.25, -0.2) is 0 Å². The SMILES string of the molecule is Cc1noc(-c2cn[nH]c2C2CCCN2C(=O)Cc2ccc(Cl)c(Cl)c2)c1C. The van der Waals surface area contributed by atoms with Gasteiger partial charge in [0.1, 0.15) is 0 Å². The Balaban J connectivity index is 1.59. The molecule has 1 aliphatic heterocycles. The van der Waals surface area contributed by atoms with E-state index in [4.69, 9.17) is 27.7 Å². The number of nitrogens with zero attached hydrogens (tertiary/aromatic N) is 3. The molecule has 1 aliphatic rings. The fraction of sp³-hybridized carbons (Fsp3) is 0.350. The minimum absolute atomic E-state index is 0.0481. The van der Waals surface area contributed by atoms with Crippen molar-refractivity contribution in [1.82, 2.24) is 20.3 Å². The van der Waals surface area contributed by atoms with Gasteiger partial charge in [-0.15, -0.1) is 0 Å². The van der Waals surface area contributed by atoms with E-state index in [1.54, 1.807) is 18.3 Å². The summed E-state index contributed by atoms with van der Waals surface area (Å²) in [6, 6.07) is 5.22. The number of hydrogen-bond donors (Lipinski definition) is 1. The summed E-state index contributed by atoms with van der Waals surface area (Å²) in [5, 5.41) is 12.3. The highest BCUT2D eigenvalue weighted by molar-refractivity contribution is 6.42. The van der Waals surface area contributed by atoms with E-state index in [2.05, 4.69) is 15.4 Å². The van der Waals surface area contributed by atoms with Crippen LogP contribution >= 0.6 is 23.2 Å². The second-order valence-corrected chi connectivity index (χ2v) is 7.90. The number of nitrogens with one attached hydrogen (secondary N) is 1. The predicted molar refractivity (Wildman–Crippen MR) is 107 cm³/mol. The Morgan fingerprint density at radius 1 is 1.32 bits per heavy atom. The molecule has 3 heterocycles. The highest BCUT2D eigenvalue weighted by Crippen LogP contribution is 2.38. The van der Waals surface area contributed by atoms with Gasteiger partial charge in [0.15, 0.2) is 5.76 Å². The van der Waals surface area contributed by atoms with E-state index in [1.807, 2.05) is 24.8 Å². The lowest BCUT2D eigenvalue weighted by Crippen LogP contribution is -2.32. The van der Waals surface area contributed by atoms with Crippen LogP contribution in [0.25, 0.3) is 11.3 Å². The van der Waals surface area contributed by atoms with Crippen LogP contribution in [0.2, 0.25) is 10.0 Å². The van der Waals surface area contributed by atoms with Gasteiger partial charge in [0, 0.05) is 12.1 Å². The van der Waals surface area contributed by atoms with E-state index in [1.165, 1.54) is 0 Å². The second kappa shape index (κ2) is 7.60. The van der Waals surface area contributed by atoms with Gasteiger partial charge in [-0.05, 0) is 44.4 Å². The molecule has 1 N–H and O–H groups in total. The largest absolute Gasteiger partial charge is 0.356 e. The zero-order valence-corrected chi connectivity index (χ0v) is 17.1. The summed E-state index contributed by atoms with van der Waals surface area (Å²) in [6.07, 6.45) is 3.82. The van der Waals surface area contributed by atoms with Crippen molar-refractivity contribution in [3.05, 3.63) is 57.0 Å². The third-order valence-corrected chi connectivity index (χ3v) is 6.06. The summed E-state index contributed by atoms with van der Waals surface area (Å²) in [6.45, 7) is 4.59. The molecule has 2 aromatic heterocycles. The molecule has 1 aromatic carbocycles. The molecule has 1 saturated heterocycles. The number of aryl methyl sites for hydroxylation is 1. The molecule has 1 atom stereocenters. The zero-order valence-electron chi connectivity index (χ0n) is 15.6. The van der Waals surface area contributed by atoms with Crippen LogP contribution in [0.15, 0.2) is 28.9 Å². The van der Waals surface area contributed by atoms with E-state index >= 15 is 0 Å². The topological polar surface area (TPSA) is 75.0 Å².